The van der Waals surface area contributed by atoms with Crippen LogP contribution in [0.15, 0.2) is 26.5 Å². The molecule has 2 aromatic heterocycles. The maximum atomic E-state index is 11.4. The van der Waals surface area contributed by atoms with Crippen LogP contribution in [0.25, 0.3) is 11.0 Å². The molecule has 2 aromatic rings. The molecule has 0 amide bonds. The van der Waals surface area contributed by atoms with Crippen LogP contribution in [0, 0.1) is 0 Å². The second-order valence-electron chi connectivity index (χ2n) is 3.09. The predicted molar refractivity (Wildman–Crippen MR) is 55.1 cm³/mol. The van der Waals surface area contributed by atoms with Crippen LogP contribution in [-0.4, -0.2) is 14.5 Å². The predicted octanol–water partition coefficient (Wildman–Crippen LogP) is -0.602. The van der Waals surface area contributed by atoms with Crippen molar-refractivity contribution < 1.29 is 0 Å². The van der Waals surface area contributed by atoms with Gasteiger partial charge in [-0.25, -0.2) is 4.79 Å². The van der Waals surface area contributed by atoms with Crippen LogP contribution in [0.4, 0.5) is 0 Å². The van der Waals surface area contributed by atoms with Gasteiger partial charge in [0.15, 0.2) is 0 Å². The molecular weight excluding hydrogens is 198 g/mol. The topological polar surface area (TPSA) is 87.7 Å². The lowest BCUT2D eigenvalue weighted by atomic mass is 10.3. The smallest absolute Gasteiger partial charge is 0.308 e. The summed E-state index contributed by atoms with van der Waals surface area (Å²) in [5, 5.41) is 0.302. The van der Waals surface area contributed by atoms with E-state index in [9.17, 15) is 14.4 Å². The number of hydrogen-bond donors (Lipinski definition) is 2. The highest BCUT2D eigenvalue weighted by atomic mass is 16.2. The Morgan fingerprint density at radius 3 is 2.60 bits per heavy atom. The monoisotopic (exact) mass is 207 g/mol. The van der Waals surface area contributed by atoms with Crippen LogP contribution in [0.1, 0.15) is 6.92 Å². The van der Waals surface area contributed by atoms with Gasteiger partial charge in [0, 0.05) is 12.6 Å². The Kier molecular flexibility index (Phi) is 2.03. The number of aromatic amines is 2. The van der Waals surface area contributed by atoms with Crippen molar-refractivity contribution in [1.29, 1.82) is 0 Å². The molecule has 6 nitrogen and oxygen atoms in total. The molecule has 0 atom stereocenters. The van der Waals surface area contributed by atoms with Crippen molar-refractivity contribution in [2.24, 2.45) is 0 Å². The summed E-state index contributed by atoms with van der Waals surface area (Å²) >= 11 is 0. The summed E-state index contributed by atoms with van der Waals surface area (Å²) in [5.41, 5.74) is -1.08. The van der Waals surface area contributed by atoms with E-state index in [1.54, 1.807) is 6.92 Å². The van der Waals surface area contributed by atoms with E-state index in [4.69, 9.17) is 0 Å². The van der Waals surface area contributed by atoms with E-state index in [0.717, 1.165) is 0 Å². The van der Waals surface area contributed by atoms with Gasteiger partial charge >= 0.3 is 5.69 Å². The van der Waals surface area contributed by atoms with Gasteiger partial charge in [-0.1, -0.05) is 0 Å². The molecule has 0 bridgehead atoms. The fraction of sp³-hybridized carbons (Fsp3) is 0.222. The zero-order valence-electron chi connectivity index (χ0n) is 8.03. The number of rotatable bonds is 1. The molecule has 0 aliphatic carbocycles. The number of fused-ring (bicyclic) bond motifs is 1. The third-order valence-electron chi connectivity index (χ3n) is 2.19. The summed E-state index contributed by atoms with van der Waals surface area (Å²) in [5.74, 6) is 0. The van der Waals surface area contributed by atoms with Gasteiger partial charge in [0.2, 0.25) is 5.56 Å². The number of nitrogens with one attached hydrogen (secondary N) is 2. The van der Waals surface area contributed by atoms with E-state index >= 15 is 0 Å². The first-order valence-corrected chi connectivity index (χ1v) is 4.49. The van der Waals surface area contributed by atoms with E-state index in [2.05, 4.69) is 9.97 Å². The molecule has 2 heterocycles. The molecule has 0 aliphatic rings. The van der Waals surface area contributed by atoms with Gasteiger partial charge in [-0.15, -0.1) is 0 Å². The fourth-order valence-electron chi connectivity index (χ4n) is 1.49. The molecule has 2 N–H and O–H groups in total. The second kappa shape index (κ2) is 3.23. The van der Waals surface area contributed by atoms with Gasteiger partial charge in [0.1, 0.15) is 5.65 Å². The van der Waals surface area contributed by atoms with Crippen molar-refractivity contribution in [3.63, 3.8) is 0 Å². The maximum Gasteiger partial charge on any atom is 0.329 e. The zero-order chi connectivity index (χ0) is 11.0. The molecule has 6 heteroatoms. The first kappa shape index (κ1) is 9.45. The van der Waals surface area contributed by atoms with E-state index in [-0.39, 0.29) is 11.2 Å². The van der Waals surface area contributed by atoms with E-state index in [0.29, 0.717) is 11.9 Å². The molecule has 0 radical (unpaired) electrons. The lowest BCUT2D eigenvalue weighted by Gasteiger charge is -2.04. The summed E-state index contributed by atoms with van der Waals surface area (Å²) in [6.45, 7) is 2.14. The van der Waals surface area contributed by atoms with Crippen molar-refractivity contribution in [1.82, 2.24) is 14.5 Å². The minimum Gasteiger partial charge on any atom is -0.308 e. The van der Waals surface area contributed by atoms with Crippen LogP contribution in [0.5, 0.6) is 0 Å². The molecule has 2 rings (SSSR count). The summed E-state index contributed by atoms with van der Waals surface area (Å²) in [4.78, 5) is 38.5. The van der Waals surface area contributed by atoms with Crippen molar-refractivity contribution >= 4 is 11.0 Å². The Morgan fingerprint density at radius 1 is 1.20 bits per heavy atom. The van der Waals surface area contributed by atoms with Gasteiger partial charge in [0.05, 0.1) is 5.39 Å². The zero-order valence-corrected chi connectivity index (χ0v) is 8.03. The van der Waals surface area contributed by atoms with Crippen LogP contribution < -0.4 is 16.8 Å². The first-order chi connectivity index (χ1) is 7.13. The molecule has 78 valence electrons. The van der Waals surface area contributed by atoms with E-state index < -0.39 is 11.2 Å². The van der Waals surface area contributed by atoms with Crippen LogP contribution >= 0.6 is 0 Å². The lowest BCUT2D eigenvalue weighted by molar-refractivity contribution is 0.716. The van der Waals surface area contributed by atoms with Gasteiger partial charge < -0.3 is 4.98 Å². The minimum atomic E-state index is -0.517. The number of nitrogens with zero attached hydrogens (tertiary/aromatic N) is 1. The average molecular weight is 207 g/mol. The SMILES string of the molecule is CCn1c(=O)[nH]c(=O)c2ccc(=O)[nH]c21. The van der Waals surface area contributed by atoms with Gasteiger partial charge in [-0.05, 0) is 13.0 Å². The molecular formula is C9H9N3O3. The first-order valence-electron chi connectivity index (χ1n) is 4.49. The fourth-order valence-corrected chi connectivity index (χ4v) is 1.49. The highest BCUT2D eigenvalue weighted by Crippen LogP contribution is 1.99. The Morgan fingerprint density at radius 2 is 1.93 bits per heavy atom. The summed E-state index contributed by atoms with van der Waals surface area (Å²) in [7, 11) is 0. The third kappa shape index (κ3) is 1.39. The quantitative estimate of drug-likeness (QED) is 0.654. The molecule has 0 spiro atoms. The molecule has 0 unspecified atom stereocenters. The van der Waals surface area contributed by atoms with Gasteiger partial charge in [0.25, 0.3) is 5.56 Å². The minimum absolute atomic E-state index is 0.263. The van der Waals surface area contributed by atoms with Gasteiger partial charge in [-0.3, -0.25) is 19.1 Å². The highest BCUT2D eigenvalue weighted by Gasteiger charge is 2.05. The summed E-state index contributed by atoms with van der Waals surface area (Å²) in [6, 6.07) is 2.65. The number of pyridine rings is 1. The maximum absolute atomic E-state index is 11.4. The molecule has 0 saturated heterocycles. The molecule has 15 heavy (non-hydrogen) atoms. The van der Waals surface area contributed by atoms with Crippen molar-refractivity contribution in [3.05, 3.63) is 43.3 Å². The molecule has 0 aliphatic heterocycles. The molecule has 0 saturated carbocycles. The van der Waals surface area contributed by atoms with E-state index in [1.165, 1.54) is 16.7 Å². The number of aromatic nitrogens is 3. The third-order valence-corrected chi connectivity index (χ3v) is 2.19. The van der Waals surface area contributed by atoms with Crippen molar-refractivity contribution in [2.45, 2.75) is 13.5 Å². The van der Waals surface area contributed by atoms with Crippen LogP contribution in [0.3, 0.4) is 0 Å². The lowest BCUT2D eigenvalue weighted by Crippen LogP contribution is -2.31. The number of hydrogen-bond acceptors (Lipinski definition) is 3. The van der Waals surface area contributed by atoms with E-state index in [1.807, 2.05) is 0 Å². The molecule has 0 aromatic carbocycles. The Hall–Kier alpha value is -2.11. The number of aryl methyl sites for hydroxylation is 1. The Balaban J connectivity index is 3.12. The number of H-pyrrole nitrogens is 2. The summed E-state index contributed by atoms with van der Waals surface area (Å²) < 4.78 is 1.30. The highest BCUT2D eigenvalue weighted by molar-refractivity contribution is 5.73. The Bertz CT molecular complexity index is 677. The Labute approximate surface area is 83.2 Å². The second-order valence-corrected chi connectivity index (χ2v) is 3.09. The molecule has 0 fully saturated rings. The van der Waals surface area contributed by atoms with Crippen LogP contribution in [-0.2, 0) is 6.54 Å². The average Bonchev–Trinajstić information content (AvgIpc) is 2.17. The van der Waals surface area contributed by atoms with Crippen LogP contribution in [0.2, 0.25) is 0 Å². The van der Waals surface area contributed by atoms with Crippen molar-refractivity contribution in [2.75, 3.05) is 0 Å². The van der Waals surface area contributed by atoms with Gasteiger partial charge in [-0.2, -0.15) is 0 Å². The van der Waals surface area contributed by atoms with Crippen molar-refractivity contribution in [3.8, 4) is 0 Å². The summed E-state index contributed by atoms with van der Waals surface area (Å²) in [6.07, 6.45) is 0. The normalized spacial score (nSPS) is 10.7. The largest absolute Gasteiger partial charge is 0.329 e. The standard InChI is InChI=1S/C9H9N3O3/c1-2-12-7-5(3-4-6(13)10-7)8(14)11-9(12)15/h3-4H,2H2,1H3,(H,10,13)(H,11,14,15).